The third kappa shape index (κ3) is 7.15. The molecule has 122 valence electrons. The normalized spacial score (nSPS) is 11.2. The Bertz CT molecular complexity index is 354. The molecular formula is C19H37N2+. The van der Waals surface area contributed by atoms with E-state index in [9.17, 15) is 0 Å². The van der Waals surface area contributed by atoms with Crippen LogP contribution in [0.15, 0.2) is 12.4 Å². The van der Waals surface area contributed by atoms with Gasteiger partial charge in [0.2, 0.25) is 0 Å². The van der Waals surface area contributed by atoms with Crippen LogP contribution < -0.4 is 4.57 Å². The third-order valence-corrected chi connectivity index (χ3v) is 4.44. The second-order valence-electron chi connectivity index (χ2n) is 6.27. The first kappa shape index (κ1) is 18.3. The van der Waals surface area contributed by atoms with Gasteiger partial charge < -0.3 is 0 Å². The Hall–Kier alpha value is -0.790. The van der Waals surface area contributed by atoms with E-state index in [1.807, 2.05) is 0 Å². The molecule has 0 spiro atoms. The van der Waals surface area contributed by atoms with E-state index in [2.05, 4.69) is 42.3 Å². The van der Waals surface area contributed by atoms with Gasteiger partial charge in [-0.2, -0.15) is 0 Å². The Labute approximate surface area is 132 Å². The van der Waals surface area contributed by atoms with Gasteiger partial charge in [-0.05, 0) is 26.2 Å². The molecule has 1 aromatic heterocycles. The van der Waals surface area contributed by atoms with Crippen LogP contribution in [0.25, 0.3) is 0 Å². The lowest BCUT2D eigenvalue weighted by Gasteiger charge is -2.04. The Morgan fingerprint density at radius 2 is 1.43 bits per heavy atom. The summed E-state index contributed by atoms with van der Waals surface area (Å²) < 4.78 is 4.93. The third-order valence-electron chi connectivity index (χ3n) is 4.44. The van der Waals surface area contributed by atoms with Gasteiger partial charge in [0.05, 0.1) is 13.1 Å². The standard InChI is InChI=1S/C19H37N2/c1-4-7-9-10-11-12-14-16-21-18-17-20(6-3)19(21)15-13-8-5-2/h17-18H,4-16H2,1-3H3/q+1. The van der Waals surface area contributed by atoms with Crippen molar-refractivity contribution in [2.75, 3.05) is 0 Å². The minimum atomic E-state index is 1.10. The van der Waals surface area contributed by atoms with E-state index in [0.29, 0.717) is 0 Å². The molecule has 0 aliphatic heterocycles. The molecule has 21 heavy (non-hydrogen) atoms. The maximum atomic E-state index is 2.51. The van der Waals surface area contributed by atoms with Crippen molar-refractivity contribution in [2.45, 2.75) is 104 Å². The van der Waals surface area contributed by atoms with Crippen LogP contribution in [-0.4, -0.2) is 4.57 Å². The molecule has 0 aliphatic carbocycles. The summed E-state index contributed by atoms with van der Waals surface area (Å²) in [5, 5.41) is 0. The van der Waals surface area contributed by atoms with Crippen molar-refractivity contribution in [3.63, 3.8) is 0 Å². The van der Waals surface area contributed by atoms with Crippen molar-refractivity contribution in [1.29, 1.82) is 0 Å². The quantitative estimate of drug-likeness (QED) is 0.346. The van der Waals surface area contributed by atoms with Gasteiger partial charge in [0.25, 0.3) is 5.82 Å². The first-order chi connectivity index (χ1) is 10.3. The maximum Gasteiger partial charge on any atom is 0.256 e. The fourth-order valence-electron chi connectivity index (χ4n) is 3.05. The largest absolute Gasteiger partial charge is 0.256 e. The smallest absolute Gasteiger partial charge is 0.235 e. The summed E-state index contributed by atoms with van der Waals surface area (Å²) in [4.78, 5) is 0. The highest BCUT2D eigenvalue weighted by molar-refractivity contribution is 4.83. The second-order valence-corrected chi connectivity index (χ2v) is 6.27. The molecule has 0 saturated carbocycles. The number of aromatic nitrogens is 2. The Morgan fingerprint density at radius 1 is 0.810 bits per heavy atom. The van der Waals surface area contributed by atoms with Crippen LogP contribution >= 0.6 is 0 Å². The molecule has 1 aromatic rings. The summed E-state index contributed by atoms with van der Waals surface area (Å²) in [5.74, 6) is 1.54. The van der Waals surface area contributed by atoms with E-state index in [1.54, 1.807) is 0 Å². The lowest BCUT2D eigenvalue weighted by atomic mass is 10.1. The number of nitrogens with zero attached hydrogens (tertiary/aromatic N) is 2. The van der Waals surface area contributed by atoms with E-state index in [0.717, 1.165) is 6.54 Å². The SMILES string of the molecule is CCCCCCCCC[n+]1ccn(CC)c1CCCCC. The maximum absolute atomic E-state index is 2.51. The van der Waals surface area contributed by atoms with Crippen LogP contribution in [0.4, 0.5) is 0 Å². The van der Waals surface area contributed by atoms with Crippen molar-refractivity contribution in [3.05, 3.63) is 18.2 Å². The first-order valence-electron chi connectivity index (χ1n) is 9.40. The molecule has 1 rings (SSSR count). The summed E-state index contributed by atoms with van der Waals surface area (Å²) in [6, 6.07) is 0. The minimum Gasteiger partial charge on any atom is -0.235 e. The second kappa shape index (κ2) is 11.8. The van der Waals surface area contributed by atoms with Gasteiger partial charge in [-0.15, -0.1) is 0 Å². The highest BCUT2D eigenvalue weighted by atomic mass is 15.1. The van der Waals surface area contributed by atoms with Gasteiger partial charge in [-0.3, -0.25) is 0 Å². The molecule has 0 N–H and O–H groups in total. The molecule has 2 heteroatoms. The molecule has 0 unspecified atom stereocenters. The van der Waals surface area contributed by atoms with Gasteiger partial charge in [0, 0.05) is 6.42 Å². The molecule has 0 atom stereocenters. The monoisotopic (exact) mass is 293 g/mol. The number of rotatable bonds is 13. The number of aryl methyl sites for hydroxylation is 2. The Kier molecular flexibility index (Phi) is 10.3. The molecule has 0 aromatic carbocycles. The van der Waals surface area contributed by atoms with E-state index < -0.39 is 0 Å². The average Bonchev–Trinajstić information content (AvgIpc) is 2.89. The predicted molar refractivity (Wildman–Crippen MR) is 91.5 cm³/mol. The zero-order chi connectivity index (χ0) is 15.3. The van der Waals surface area contributed by atoms with Crippen molar-refractivity contribution in [2.24, 2.45) is 0 Å². The van der Waals surface area contributed by atoms with E-state index in [1.165, 1.54) is 83.0 Å². The molecule has 0 saturated heterocycles. The number of hydrogen-bond donors (Lipinski definition) is 0. The highest BCUT2D eigenvalue weighted by Crippen LogP contribution is 2.08. The molecule has 0 fully saturated rings. The molecule has 0 amide bonds. The Balaban J connectivity index is 2.31. The highest BCUT2D eigenvalue weighted by Gasteiger charge is 2.14. The van der Waals surface area contributed by atoms with Gasteiger partial charge in [-0.25, -0.2) is 9.13 Å². The first-order valence-corrected chi connectivity index (χ1v) is 9.40. The van der Waals surface area contributed by atoms with E-state index in [4.69, 9.17) is 0 Å². The Morgan fingerprint density at radius 3 is 2.10 bits per heavy atom. The zero-order valence-corrected chi connectivity index (χ0v) is 14.7. The number of hydrogen-bond acceptors (Lipinski definition) is 0. The van der Waals surface area contributed by atoms with Crippen LogP contribution in [0.5, 0.6) is 0 Å². The molecule has 0 bridgehead atoms. The van der Waals surface area contributed by atoms with Crippen molar-refractivity contribution >= 4 is 0 Å². The summed E-state index contributed by atoms with van der Waals surface area (Å²) in [6.45, 7) is 9.13. The molecule has 2 nitrogen and oxygen atoms in total. The van der Waals surface area contributed by atoms with Gasteiger partial charge in [-0.1, -0.05) is 58.8 Å². The van der Waals surface area contributed by atoms with Gasteiger partial charge >= 0.3 is 0 Å². The summed E-state index contributed by atoms with van der Waals surface area (Å²) in [7, 11) is 0. The van der Waals surface area contributed by atoms with Crippen LogP contribution in [0, 0.1) is 0 Å². The van der Waals surface area contributed by atoms with Crippen molar-refractivity contribution < 1.29 is 4.57 Å². The number of unbranched alkanes of at least 4 members (excludes halogenated alkanes) is 8. The van der Waals surface area contributed by atoms with Crippen LogP contribution in [0.1, 0.15) is 90.8 Å². The van der Waals surface area contributed by atoms with Crippen LogP contribution in [-0.2, 0) is 19.5 Å². The topological polar surface area (TPSA) is 8.81 Å². The lowest BCUT2D eigenvalue weighted by molar-refractivity contribution is -0.704. The van der Waals surface area contributed by atoms with Gasteiger partial charge in [0.1, 0.15) is 12.4 Å². The number of imidazole rings is 1. The molecule has 0 aliphatic rings. The summed E-state index contributed by atoms with van der Waals surface area (Å²) >= 11 is 0. The van der Waals surface area contributed by atoms with Gasteiger partial charge in [0.15, 0.2) is 0 Å². The molecule has 1 heterocycles. The van der Waals surface area contributed by atoms with Crippen LogP contribution in [0.2, 0.25) is 0 Å². The van der Waals surface area contributed by atoms with E-state index >= 15 is 0 Å². The van der Waals surface area contributed by atoms with Crippen molar-refractivity contribution in [1.82, 2.24) is 4.57 Å². The van der Waals surface area contributed by atoms with E-state index in [-0.39, 0.29) is 0 Å². The fraction of sp³-hybridized carbons (Fsp3) is 0.842. The van der Waals surface area contributed by atoms with Crippen LogP contribution in [0.3, 0.4) is 0 Å². The predicted octanol–water partition coefficient (Wildman–Crippen LogP) is 5.28. The summed E-state index contributed by atoms with van der Waals surface area (Å²) in [6.07, 6.45) is 19.6. The average molecular weight is 294 g/mol. The summed E-state index contributed by atoms with van der Waals surface area (Å²) in [5.41, 5.74) is 0. The molecule has 0 radical (unpaired) electrons. The zero-order valence-electron chi connectivity index (χ0n) is 14.7. The lowest BCUT2D eigenvalue weighted by Crippen LogP contribution is -2.37. The van der Waals surface area contributed by atoms with Crippen molar-refractivity contribution in [3.8, 4) is 0 Å². The minimum absolute atomic E-state index is 1.10. The fourth-order valence-corrected chi connectivity index (χ4v) is 3.05. The molecular weight excluding hydrogens is 256 g/mol.